The van der Waals surface area contributed by atoms with Crippen LogP contribution in [-0.4, -0.2) is 42.5 Å². The van der Waals surface area contributed by atoms with Crippen LogP contribution in [0.3, 0.4) is 0 Å². The zero-order chi connectivity index (χ0) is 22.3. The molecule has 2 N–H and O–H groups in total. The number of benzene rings is 2. The maximum Gasteiger partial charge on any atom is 0.340 e. The largest absolute Gasteiger partial charge is 0.452 e. The molecule has 7 nitrogen and oxygen atoms in total. The van der Waals surface area contributed by atoms with Crippen molar-refractivity contribution in [3.63, 3.8) is 0 Å². The fourth-order valence-electron chi connectivity index (χ4n) is 2.51. The van der Waals surface area contributed by atoms with Crippen LogP contribution in [0.25, 0.3) is 0 Å². The molecule has 0 radical (unpaired) electrons. The van der Waals surface area contributed by atoms with Crippen molar-refractivity contribution in [2.45, 2.75) is 26.4 Å². The van der Waals surface area contributed by atoms with Crippen molar-refractivity contribution in [3.8, 4) is 0 Å². The van der Waals surface area contributed by atoms with Crippen LogP contribution in [0.1, 0.15) is 29.8 Å². The number of likely N-dealkylation sites (N-methyl/N-ethyl adjacent to an activating group) is 1. The summed E-state index contributed by atoms with van der Waals surface area (Å²) in [5, 5.41) is 5.43. The highest BCUT2D eigenvalue weighted by molar-refractivity contribution is 6.31. The van der Waals surface area contributed by atoms with Gasteiger partial charge in [-0.2, -0.15) is 0 Å². The highest BCUT2D eigenvalue weighted by atomic mass is 35.5. The topological polar surface area (TPSA) is 87.7 Å². The maximum absolute atomic E-state index is 13.9. The van der Waals surface area contributed by atoms with Crippen LogP contribution in [0.5, 0.6) is 0 Å². The van der Waals surface area contributed by atoms with Crippen molar-refractivity contribution < 1.29 is 23.5 Å². The second-order valence-corrected chi connectivity index (χ2v) is 7.23. The lowest BCUT2D eigenvalue weighted by Gasteiger charge is -2.18. The standard InChI is InChI=1S/C21H23ClFN3O4/c1-13(2)24-21(29)25-18-10-5-4-7-14(18)20(28)30-12-19(27)26(3)11-15-16(22)8-6-9-17(15)23/h4-10,13H,11-12H2,1-3H3,(H2,24,25,29). The molecule has 2 aromatic carbocycles. The molecular formula is C21H23ClFN3O4. The van der Waals surface area contributed by atoms with Gasteiger partial charge in [0, 0.05) is 30.2 Å². The predicted molar refractivity (Wildman–Crippen MR) is 112 cm³/mol. The number of carbonyl (C=O) groups excluding carboxylic acids is 3. The molecule has 0 spiro atoms. The van der Waals surface area contributed by atoms with Gasteiger partial charge in [-0.25, -0.2) is 14.0 Å². The van der Waals surface area contributed by atoms with Gasteiger partial charge < -0.3 is 20.3 Å². The van der Waals surface area contributed by atoms with E-state index < -0.39 is 30.3 Å². The molecule has 0 atom stereocenters. The van der Waals surface area contributed by atoms with Crippen molar-refractivity contribution >= 4 is 35.2 Å². The first kappa shape index (κ1) is 23.2. The van der Waals surface area contributed by atoms with E-state index in [1.165, 1.54) is 36.2 Å². The lowest BCUT2D eigenvalue weighted by atomic mass is 10.2. The number of urea groups is 1. The fraction of sp³-hybridized carbons (Fsp3) is 0.286. The summed E-state index contributed by atoms with van der Waals surface area (Å²) in [6, 6.07) is 9.97. The van der Waals surface area contributed by atoms with Crippen LogP contribution < -0.4 is 10.6 Å². The number of para-hydroxylation sites is 1. The van der Waals surface area contributed by atoms with E-state index in [1.54, 1.807) is 32.0 Å². The minimum Gasteiger partial charge on any atom is -0.452 e. The zero-order valence-electron chi connectivity index (χ0n) is 16.9. The van der Waals surface area contributed by atoms with E-state index in [1.807, 2.05) is 0 Å². The molecule has 0 unspecified atom stereocenters. The number of anilines is 1. The second-order valence-electron chi connectivity index (χ2n) is 6.82. The van der Waals surface area contributed by atoms with E-state index in [0.717, 1.165) is 0 Å². The zero-order valence-corrected chi connectivity index (χ0v) is 17.6. The third-order valence-electron chi connectivity index (χ3n) is 4.02. The number of amides is 3. The lowest BCUT2D eigenvalue weighted by molar-refractivity contribution is -0.133. The van der Waals surface area contributed by atoms with Gasteiger partial charge in [-0.15, -0.1) is 0 Å². The summed E-state index contributed by atoms with van der Waals surface area (Å²) >= 11 is 5.97. The van der Waals surface area contributed by atoms with Crippen molar-refractivity contribution in [1.29, 1.82) is 0 Å². The predicted octanol–water partition coefficient (Wildman–Crippen LogP) is 3.82. The minimum absolute atomic E-state index is 0.0740. The average molecular weight is 436 g/mol. The van der Waals surface area contributed by atoms with E-state index in [9.17, 15) is 18.8 Å². The number of nitrogens with zero attached hydrogens (tertiary/aromatic N) is 1. The van der Waals surface area contributed by atoms with E-state index in [-0.39, 0.29) is 34.4 Å². The molecule has 2 aromatic rings. The van der Waals surface area contributed by atoms with Gasteiger partial charge in [0.1, 0.15) is 5.82 Å². The van der Waals surface area contributed by atoms with E-state index in [0.29, 0.717) is 0 Å². The van der Waals surface area contributed by atoms with Gasteiger partial charge >= 0.3 is 12.0 Å². The maximum atomic E-state index is 13.9. The van der Waals surface area contributed by atoms with E-state index in [2.05, 4.69) is 10.6 Å². The Balaban J connectivity index is 1.98. The van der Waals surface area contributed by atoms with E-state index in [4.69, 9.17) is 16.3 Å². The molecule has 9 heteroatoms. The summed E-state index contributed by atoms with van der Waals surface area (Å²) in [6.07, 6.45) is 0. The lowest BCUT2D eigenvalue weighted by Crippen LogP contribution is -2.34. The highest BCUT2D eigenvalue weighted by Gasteiger charge is 2.19. The molecule has 0 aliphatic heterocycles. The van der Waals surface area contributed by atoms with Crippen LogP contribution in [0.2, 0.25) is 5.02 Å². The third kappa shape index (κ3) is 6.45. The Morgan fingerprint density at radius 2 is 1.83 bits per heavy atom. The van der Waals surface area contributed by atoms with Crippen molar-refractivity contribution in [2.24, 2.45) is 0 Å². The van der Waals surface area contributed by atoms with Crippen molar-refractivity contribution in [2.75, 3.05) is 19.0 Å². The number of nitrogens with one attached hydrogen (secondary N) is 2. The first-order chi connectivity index (χ1) is 14.2. The van der Waals surface area contributed by atoms with Crippen molar-refractivity contribution in [1.82, 2.24) is 10.2 Å². The monoisotopic (exact) mass is 435 g/mol. The third-order valence-corrected chi connectivity index (χ3v) is 4.38. The number of hydrogen-bond acceptors (Lipinski definition) is 4. The van der Waals surface area contributed by atoms with Gasteiger partial charge in [-0.3, -0.25) is 4.79 Å². The summed E-state index contributed by atoms with van der Waals surface area (Å²) in [6.45, 7) is 2.98. The van der Waals surface area contributed by atoms with Crippen LogP contribution in [0, 0.1) is 5.82 Å². The molecule has 3 amide bonds. The molecule has 0 fully saturated rings. The van der Waals surface area contributed by atoms with Gasteiger partial charge in [0.05, 0.1) is 11.3 Å². The summed E-state index contributed by atoms with van der Waals surface area (Å²) < 4.78 is 19.0. The average Bonchev–Trinajstić information content (AvgIpc) is 2.68. The Kier molecular flexibility index (Phi) is 8.17. The number of halogens is 2. The molecular weight excluding hydrogens is 413 g/mol. The Labute approximate surface area is 179 Å². The smallest absolute Gasteiger partial charge is 0.340 e. The van der Waals surface area contributed by atoms with Crippen LogP contribution >= 0.6 is 11.6 Å². The summed E-state index contributed by atoms with van der Waals surface area (Å²) in [5.74, 6) is -1.84. The fourth-order valence-corrected chi connectivity index (χ4v) is 2.74. The normalized spacial score (nSPS) is 10.5. The number of rotatable bonds is 7. The first-order valence-corrected chi connectivity index (χ1v) is 9.57. The van der Waals surface area contributed by atoms with E-state index >= 15 is 0 Å². The molecule has 0 bridgehead atoms. The Hall–Kier alpha value is -3.13. The van der Waals surface area contributed by atoms with Crippen LogP contribution in [0.15, 0.2) is 42.5 Å². The van der Waals surface area contributed by atoms with Gasteiger partial charge in [0.25, 0.3) is 5.91 Å². The molecule has 30 heavy (non-hydrogen) atoms. The van der Waals surface area contributed by atoms with Gasteiger partial charge in [0.2, 0.25) is 0 Å². The second kappa shape index (κ2) is 10.6. The molecule has 0 aliphatic carbocycles. The van der Waals surface area contributed by atoms with Crippen molar-refractivity contribution in [3.05, 3.63) is 64.4 Å². The number of hydrogen-bond donors (Lipinski definition) is 2. The van der Waals surface area contributed by atoms with Gasteiger partial charge in [0.15, 0.2) is 6.61 Å². The molecule has 0 saturated carbocycles. The number of carbonyl (C=O) groups is 3. The molecule has 0 saturated heterocycles. The Morgan fingerprint density at radius 3 is 2.50 bits per heavy atom. The summed E-state index contributed by atoms with van der Waals surface area (Å²) in [5.41, 5.74) is 0.524. The highest BCUT2D eigenvalue weighted by Crippen LogP contribution is 2.20. The number of esters is 1. The molecule has 2 rings (SSSR count). The van der Waals surface area contributed by atoms with Gasteiger partial charge in [-0.1, -0.05) is 29.8 Å². The molecule has 0 heterocycles. The minimum atomic E-state index is -0.777. The molecule has 160 valence electrons. The Bertz CT molecular complexity index is 916. The van der Waals surface area contributed by atoms with Crippen LogP contribution in [0.4, 0.5) is 14.9 Å². The SMILES string of the molecule is CC(C)NC(=O)Nc1ccccc1C(=O)OCC(=O)N(C)Cc1c(F)cccc1Cl. The van der Waals surface area contributed by atoms with Crippen LogP contribution in [-0.2, 0) is 16.1 Å². The quantitative estimate of drug-likeness (QED) is 0.647. The molecule has 0 aromatic heterocycles. The Morgan fingerprint density at radius 1 is 1.13 bits per heavy atom. The summed E-state index contributed by atoms with van der Waals surface area (Å²) in [7, 11) is 1.45. The molecule has 0 aliphatic rings. The van der Waals surface area contributed by atoms with Gasteiger partial charge in [-0.05, 0) is 38.1 Å². The first-order valence-electron chi connectivity index (χ1n) is 9.19. The number of ether oxygens (including phenoxy) is 1. The summed E-state index contributed by atoms with van der Waals surface area (Å²) in [4.78, 5) is 37.8.